The molecule has 0 aliphatic carbocycles. The summed E-state index contributed by atoms with van der Waals surface area (Å²) in [7, 11) is 0. The number of thiazole rings is 1. The van der Waals surface area contributed by atoms with Crippen LogP contribution < -0.4 is 5.32 Å². The highest BCUT2D eigenvalue weighted by Crippen LogP contribution is 2.23. The Hall–Kier alpha value is -2.35. The van der Waals surface area contributed by atoms with Crippen LogP contribution >= 0.6 is 11.3 Å². The maximum Gasteiger partial charge on any atom is 0.256 e. The number of anilines is 1. The molecule has 8 heteroatoms. The smallest absolute Gasteiger partial charge is 0.256 e. The van der Waals surface area contributed by atoms with Gasteiger partial charge in [-0.1, -0.05) is 0 Å². The SMILES string of the molecule is Cc1csc(NC(=O)C2CCN(C(=O)c3ccc(F)cc3F)CC2)n1. The highest BCUT2D eigenvalue weighted by molar-refractivity contribution is 7.13. The number of nitrogens with one attached hydrogen (secondary N) is 1. The van der Waals surface area contributed by atoms with E-state index in [1.807, 2.05) is 12.3 Å². The molecule has 0 radical (unpaired) electrons. The average molecular weight is 365 g/mol. The van der Waals surface area contributed by atoms with E-state index in [4.69, 9.17) is 0 Å². The van der Waals surface area contributed by atoms with Crippen molar-refractivity contribution in [2.75, 3.05) is 18.4 Å². The molecule has 1 aliphatic rings. The molecule has 2 aromatic rings. The van der Waals surface area contributed by atoms with Crippen molar-refractivity contribution in [1.29, 1.82) is 0 Å². The minimum absolute atomic E-state index is 0.116. The lowest BCUT2D eigenvalue weighted by Gasteiger charge is -2.31. The normalized spacial score (nSPS) is 15.2. The van der Waals surface area contributed by atoms with Crippen LogP contribution in [0.1, 0.15) is 28.9 Å². The standard InChI is InChI=1S/C17H17F2N3O2S/c1-10-9-25-17(20-10)21-15(23)11-4-6-22(7-5-11)16(24)13-3-2-12(18)8-14(13)19/h2-3,8-9,11H,4-7H2,1H3,(H,20,21,23). The summed E-state index contributed by atoms with van der Waals surface area (Å²) in [5, 5.41) is 5.21. The van der Waals surface area contributed by atoms with Gasteiger partial charge in [-0.05, 0) is 31.9 Å². The molecule has 1 aromatic carbocycles. The summed E-state index contributed by atoms with van der Waals surface area (Å²) in [5.74, 6) is -2.40. The molecule has 1 aliphatic heterocycles. The van der Waals surface area contributed by atoms with E-state index < -0.39 is 17.5 Å². The molecule has 2 heterocycles. The predicted molar refractivity (Wildman–Crippen MR) is 90.5 cm³/mol. The van der Waals surface area contributed by atoms with Gasteiger partial charge in [0, 0.05) is 30.5 Å². The quantitative estimate of drug-likeness (QED) is 0.908. The highest BCUT2D eigenvalue weighted by Gasteiger charge is 2.29. The number of hydrogen-bond acceptors (Lipinski definition) is 4. The lowest BCUT2D eigenvalue weighted by atomic mass is 9.95. The molecular formula is C17H17F2N3O2S. The highest BCUT2D eigenvalue weighted by atomic mass is 32.1. The second-order valence-corrected chi connectivity index (χ2v) is 6.83. The van der Waals surface area contributed by atoms with Crippen molar-refractivity contribution in [3.63, 3.8) is 0 Å². The van der Waals surface area contributed by atoms with Crippen molar-refractivity contribution in [2.24, 2.45) is 5.92 Å². The number of piperidine rings is 1. The summed E-state index contributed by atoms with van der Waals surface area (Å²) < 4.78 is 26.7. The number of nitrogens with zero attached hydrogens (tertiary/aromatic N) is 2. The Kier molecular flexibility index (Phi) is 5.08. The number of hydrogen-bond donors (Lipinski definition) is 1. The molecule has 1 fully saturated rings. The van der Waals surface area contributed by atoms with E-state index in [1.54, 1.807) is 0 Å². The molecule has 25 heavy (non-hydrogen) atoms. The average Bonchev–Trinajstić information content (AvgIpc) is 2.99. The summed E-state index contributed by atoms with van der Waals surface area (Å²) in [5.41, 5.74) is 0.699. The van der Waals surface area contributed by atoms with Gasteiger partial charge in [0.25, 0.3) is 5.91 Å². The van der Waals surface area contributed by atoms with Crippen molar-refractivity contribution >= 4 is 28.3 Å². The van der Waals surface area contributed by atoms with Gasteiger partial charge in [-0.15, -0.1) is 11.3 Å². The van der Waals surface area contributed by atoms with Crippen LogP contribution in [-0.2, 0) is 4.79 Å². The number of halogens is 2. The molecule has 0 unspecified atom stereocenters. The fourth-order valence-corrected chi connectivity index (χ4v) is 3.49. The van der Waals surface area contributed by atoms with E-state index in [0.717, 1.165) is 17.8 Å². The first kappa shape index (κ1) is 17.5. The van der Waals surface area contributed by atoms with Gasteiger partial charge in [0.15, 0.2) is 5.13 Å². The number of aryl methyl sites for hydroxylation is 1. The largest absolute Gasteiger partial charge is 0.339 e. The molecule has 132 valence electrons. The van der Waals surface area contributed by atoms with Gasteiger partial charge in [-0.25, -0.2) is 13.8 Å². The molecule has 3 rings (SSSR count). The van der Waals surface area contributed by atoms with Crippen molar-refractivity contribution < 1.29 is 18.4 Å². The second-order valence-electron chi connectivity index (χ2n) is 5.97. The Labute approximate surface area is 147 Å². The van der Waals surface area contributed by atoms with Crippen LogP contribution in [0.4, 0.5) is 13.9 Å². The number of aromatic nitrogens is 1. The van der Waals surface area contributed by atoms with Crippen molar-refractivity contribution in [3.8, 4) is 0 Å². The third-order valence-corrected chi connectivity index (χ3v) is 5.04. The van der Waals surface area contributed by atoms with Crippen LogP contribution in [0.3, 0.4) is 0 Å². The van der Waals surface area contributed by atoms with Crippen LogP contribution in [0.15, 0.2) is 23.6 Å². The molecule has 0 spiro atoms. The summed E-state index contributed by atoms with van der Waals surface area (Å²) in [6.07, 6.45) is 0.982. The molecule has 0 bridgehead atoms. The fraction of sp³-hybridized carbons (Fsp3) is 0.353. The Morgan fingerprint density at radius 2 is 2.00 bits per heavy atom. The summed E-state index contributed by atoms with van der Waals surface area (Å²) in [6.45, 7) is 2.56. The van der Waals surface area contributed by atoms with Gasteiger partial charge in [-0.2, -0.15) is 0 Å². The van der Waals surface area contributed by atoms with Gasteiger partial charge in [-0.3, -0.25) is 9.59 Å². The molecule has 1 N–H and O–H groups in total. The first-order valence-corrected chi connectivity index (χ1v) is 8.79. The molecule has 0 atom stereocenters. The lowest BCUT2D eigenvalue weighted by molar-refractivity contribution is -0.121. The zero-order valence-electron chi connectivity index (χ0n) is 13.6. The zero-order chi connectivity index (χ0) is 18.0. The third kappa shape index (κ3) is 4.01. The number of benzene rings is 1. The van der Waals surface area contributed by atoms with Gasteiger partial charge in [0.1, 0.15) is 11.6 Å². The molecule has 0 saturated carbocycles. The van der Waals surface area contributed by atoms with E-state index in [0.29, 0.717) is 37.1 Å². The fourth-order valence-electron chi connectivity index (χ4n) is 2.80. The Morgan fingerprint density at radius 1 is 1.28 bits per heavy atom. The van der Waals surface area contributed by atoms with E-state index in [9.17, 15) is 18.4 Å². The zero-order valence-corrected chi connectivity index (χ0v) is 14.4. The van der Waals surface area contributed by atoms with Crippen LogP contribution in [0.25, 0.3) is 0 Å². The number of likely N-dealkylation sites (tertiary alicyclic amines) is 1. The van der Waals surface area contributed by atoms with Gasteiger partial charge >= 0.3 is 0 Å². The van der Waals surface area contributed by atoms with E-state index >= 15 is 0 Å². The Morgan fingerprint density at radius 3 is 2.60 bits per heavy atom. The number of carbonyl (C=O) groups is 2. The first-order valence-electron chi connectivity index (χ1n) is 7.91. The van der Waals surface area contributed by atoms with Crippen molar-refractivity contribution in [1.82, 2.24) is 9.88 Å². The summed E-state index contributed by atoms with van der Waals surface area (Å²) >= 11 is 1.37. The lowest BCUT2D eigenvalue weighted by Crippen LogP contribution is -2.41. The third-order valence-electron chi connectivity index (χ3n) is 4.16. The maximum atomic E-state index is 13.7. The number of carbonyl (C=O) groups excluding carboxylic acids is 2. The summed E-state index contributed by atoms with van der Waals surface area (Å²) in [4.78, 5) is 30.3. The summed E-state index contributed by atoms with van der Waals surface area (Å²) in [6, 6.07) is 2.91. The first-order chi connectivity index (χ1) is 11.9. The van der Waals surface area contributed by atoms with Gasteiger partial charge < -0.3 is 10.2 Å². The van der Waals surface area contributed by atoms with E-state index in [1.165, 1.54) is 16.2 Å². The van der Waals surface area contributed by atoms with E-state index in [-0.39, 0.29) is 17.4 Å². The van der Waals surface area contributed by atoms with Crippen molar-refractivity contribution in [3.05, 3.63) is 46.5 Å². The molecule has 1 saturated heterocycles. The Bertz CT molecular complexity index is 801. The van der Waals surface area contributed by atoms with Crippen LogP contribution in [0.5, 0.6) is 0 Å². The monoisotopic (exact) mass is 365 g/mol. The number of amides is 2. The number of rotatable bonds is 3. The Balaban J connectivity index is 1.57. The van der Waals surface area contributed by atoms with Crippen molar-refractivity contribution in [2.45, 2.75) is 19.8 Å². The van der Waals surface area contributed by atoms with Crippen LogP contribution in [0.2, 0.25) is 0 Å². The maximum absolute atomic E-state index is 13.7. The predicted octanol–water partition coefficient (Wildman–Crippen LogP) is 3.22. The van der Waals surface area contributed by atoms with Crippen LogP contribution in [-0.4, -0.2) is 34.8 Å². The van der Waals surface area contributed by atoms with Gasteiger partial charge in [0.05, 0.1) is 11.3 Å². The van der Waals surface area contributed by atoms with Gasteiger partial charge in [0.2, 0.25) is 5.91 Å². The minimum Gasteiger partial charge on any atom is -0.339 e. The minimum atomic E-state index is -0.871. The second kappa shape index (κ2) is 7.26. The van der Waals surface area contributed by atoms with E-state index in [2.05, 4.69) is 10.3 Å². The van der Waals surface area contributed by atoms with Crippen LogP contribution in [0, 0.1) is 24.5 Å². The molecule has 2 amide bonds. The molecule has 1 aromatic heterocycles. The molecular weight excluding hydrogens is 348 g/mol. The molecule has 5 nitrogen and oxygen atoms in total. The topological polar surface area (TPSA) is 62.3 Å².